The van der Waals surface area contributed by atoms with Gasteiger partial charge >= 0.3 is 17.9 Å². The highest BCUT2D eigenvalue weighted by atomic mass is 16.4. The van der Waals surface area contributed by atoms with Gasteiger partial charge in [-0.2, -0.15) is 0 Å². The van der Waals surface area contributed by atoms with Crippen LogP contribution >= 0.6 is 0 Å². The van der Waals surface area contributed by atoms with Crippen LogP contribution in [0.15, 0.2) is 12.2 Å². The van der Waals surface area contributed by atoms with Gasteiger partial charge in [-0.25, -0.2) is 0 Å². The SMILES string of the molecule is CCCCCCCCCCCC/C=C/CCCCCC[N+](CCCC(=O)O)(CCCC(=O)O)CCCC(=O)O. The molecule has 39 heavy (non-hydrogen) atoms. The van der Waals surface area contributed by atoms with E-state index in [0.29, 0.717) is 43.4 Å². The van der Waals surface area contributed by atoms with Gasteiger partial charge < -0.3 is 19.8 Å². The molecule has 0 heterocycles. The van der Waals surface area contributed by atoms with E-state index in [9.17, 15) is 14.4 Å². The van der Waals surface area contributed by atoms with Crippen molar-refractivity contribution in [3.05, 3.63) is 12.2 Å². The molecular formula is C32H60NO6+. The number of rotatable bonds is 30. The Bertz CT molecular complexity index is 598. The summed E-state index contributed by atoms with van der Waals surface area (Å²) >= 11 is 0. The predicted octanol–water partition coefficient (Wildman–Crippen LogP) is 8.22. The lowest BCUT2D eigenvalue weighted by atomic mass is 10.1. The number of aliphatic carboxylic acids is 3. The molecule has 0 aliphatic heterocycles. The summed E-state index contributed by atoms with van der Waals surface area (Å²) in [4.78, 5) is 33.2. The van der Waals surface area contributed by atoms with Gasteiger partial charge in [-0.3, -0.25) is 14.4 Å². The molecule has 0 bridgehead atoms. The topological polar surface area (TPSA) is 112 Å². The Balaban J connectivity index is 4.22. The molecule has 0 fully saturated rings. The number of hydrogen-bond donors (Lipinski definition) is 3. The molecule has 0 unspecified atom stereocenters. The first-order chi connectivity index (χ1) is 18.8. The summed E-state index contributed by atoms with van der Waals surface area (Å²) in [6.07, 6.45) is 26.8. The average Bonchev–Trinajstić information content (AvgIpc) is 2.87. The Morgan fingerprint density at radius 1 is 0.462 bits per heavy atom. The van der Waals surface area contributed by atoms with Crippen LogP contribution in [0, 0.1) is 0 Å². The highest BCUT2D eigenvalue weighted by molar-refractivity contribution is 5.67. The summed E-state index contributed by atoms with van der Waals surface area (Å²) in [5.41, 5.74) is 0. The van der Waals surface area contributed by atoms with Crippen LogP contribution in [-0.4, -0.2) is 63.9 Å². The summed E-state index contributed by atoms with van der Waals surface area (Å²) in [5, 5.41) is 27.2. The van der Waals surface area contributed by atoms with Crippen molar-refractivity contribution >= 4 is 17.9 Å². The largest absolute Gasteiger partial charge is 0.481 e. The Hall–Kier alpha value is -1.89. The van der Waals surface area contributed by atoms with E-state index in [1.165, 1.54) is 70.6 Å². The van der Waals surface area contributed by atoms with Crippen LogP contribution in [0.5, 0.6) is 0 Å². The minimum Gasteiger partial charge on any atom is -0.481 e. The summed E-state index contributed by atoms with van der Waals surface area (Å²) < 4.78 is 0.632. The average molecular weight is 555 g/mol. The molecule has 0 aliphatic rings. The highest BCUT2D eigenvalue weighted by Gasteiger charge is 2.27. The van der Waals surface area contributed by atoms with Crippen LogP contribution in [0.1, 0.15) is 148 Å². The fraction of sp³-hybridized carbons (Fsp3) is 0.844. The van der Waals surface area contributed by atoms with Crippen molar-refractivity contribution in [3.8, 4) is 0 Å². The zero-order valence-electron chi connectivity index (χ0n) is 25.1. The van der Waals surface area contributed by atoms with Crippen LogP contribution in [0.2, 0.25) is 0 Å². The molecule has 7 heteroatoms. The Labute approximate surface area is 238 Å². The zero-order valence-corrected chi connectivity index (χ0v) is 25.1. The summed E-state index contributed by atoms with van der Waals surface area (Å²) in [7, 11) is 0. The molecule has 228 valence electrons. The van der Waals surface area contributed by atoms with Crippen LogP contribution in [0.4, 0.5) is 0 Å². The lowest BCUT2D eigenvalue weighted by Gasteiger charge is -2.39. The van der Waals surface area contributed by atoms with Gasteiger partial charge in [0.15, 0.2) is 0 Å². The maximum atomic E-state index is 11.1. The normalized spacial score (nSPS) is 11.8. The van der Waals surface area contributed by atoms with E-state index in [1.54, 1.807) is 0 Å². The third-order valence-corrected chi connectivity index (χ3v) is 7.71. The van der Waals surface area contributed by atoms with Gasteiger partial charge in [-0.15, -0.1) is 0 Å². The van der Waals surface area contributed by atoms with Crippen LogP contribution in [-0.2, 0) is 14.4 Å². The van der Waals surface area contributed by atoms with Crippen molar-refractivity contribution in [1.29, 1.82) is 0 Å². The number of nitrogens with zero attached hydrogens (tertiary/aromatic N) is 1. The first-order valence-corrected chi connectivity index (χ1v) is 16.0. The monoisotopic (exact) mass is 554 g/mol. The van der Waals surface area contributed by atoms with E-state index < -0.39 is 17.9 Å². The van der Waals surface area contributed by atoms with Gasteiger partial charge in [0.05, 0.1) is 45.4 Å². The molecule has 0 amide bonds. The van der Waals surface area contributed by atoms with E-state index in [0.717, 1.165) is 38.6 Å². The van der Waals surface area contributed by atoms with Gasteiger partial charge in [-0.05, 0) is 38.5 Å². The minimum absolute atomic E-state index is 0.0866. The Morgan fingerprint density at radius 3 is 1.13 bits per heavy atom. The van der Waals surface area contributed by atoms with Gasteiger partial charge in [0.1, 0.15) is 0 Å². The molecule has 0 rings (SSSR count). The number of allylic oxidation sites excluding steroid dienone is 2. The fourth-order valence-electron chi connectivity index (χ4n) is 5.42. The van der Waals surface area contributed by atoms with Crippen molar-refractivity contribution in [2.75, 3.05) is 26.2 Å². The molecule has 0 saturated carbocycles. The second-order valence-corrected chi connectivity index (χ2v) is 11.4. The second kappa shape index (κ2) is 26.3. The fourth-order valence-corrected chi connectivity index (χ4v) is 5.42. The van der Waals surface area contributed by atoms with Crippen molar-refractivity contribution < 1.29 is 34.2 Å². The maximum absolute atomic E-state index is 11.1. The molecule has 0 aliphatic carbocycles. The third kappa shape index (κ3) is 26.1. The van der Waals surface area contributed by atoms with Gasteiger partial charge in [0.25, 0.3) is 0 Å². The first kappa shape index (κ1) is 37.1. The number of carboxylic acid groups (broad SMARTS) is 3. The van der Waals surface area contributed by atoms with Crippen molar-refractivity contribution in [2.24, 2.45) is 0 Å². The molecule has 0 aromatic heterocycles. The lowest BCUT2D eigenvalue weighted by Crippen LogP contribution is -2.51. The minimum atomic E-state index is -0.828. The molecule has 7 nitrogen and oxygen atoms in total. The second-order valence-electron chi connectivity index (χ2n) is 11.4. The van der Waals surface area contributed by atoms with Crippen molar-refractivity contribution in [2.45, 2.75) is 148 Å². The van der Waals surface area contributed by atoms with E-state index in [1.807, 2.05) is 0 Å². The third-order valence-electron chi connectivity index (χ3n) is 7.71. The van der Waals surface area contributed by atoms with Crippen LogP contribution in [0.3, 0.4) is 0 Å². The first-order valence-electron chi connectivity index (χ1n) is 16.0. The molecule has 0 aromatic rings. The number of hydrogen-bond acceptors (Lipinski definition) is 3. The highest BCUT2D eigenvalue weighted by Crippen LogP contribution is 2.18. The summed E-state index contributed by atoms with van der Waals surface area (Å²) in [6, 6.07) is 0. The standard InChI is InChI=1S/C32H59NO6/c1-2-3-4-5-6-7-8-9-10-11-12-13-14-15-16-17-18-19-26-33(27-20-23-30(34)35,28-21-24-31(36)37)29-22-25-32(38)39/h13-14H,2-12,15-29H2,1H3,(H2-,34,35,36,37,38,39)/p+1/b14-13+. The molecular weight excluding hydrogens is 494 g/mol. The Morgan fingerprint density at radius 2 is 0.769 bits per heavy atom. The predicted molar refractivity (Wildman–Crippen MR) is 159 cm³/mol. The van der Waals surface area contributed by atoms with Gasteiger partial charge in [-0.1, -0.05) is 83.3 Å². The Kier molecular flexibility index (Phi) is 25.1. The van der Waals surface area contributed by atoms with E-state index >= 15 is 0 Å². The smallest absolute Gasteiger partial charge is 0.303 e. The number of carbonyl (C=O) groups is 3. The summed E-state index contributed by atoms with van der Waals surface area (Å²) in [5.74, 6) is -2.49. The lowest BCUT2D eigenvalue weighted by molar-refractivity contribution is -0.929. The maximum Gasteiger partial charge on any atom is 0.303 e. The zero-order chi connectivity index (χ0) is 29.0. The van der Waals surface area contributed by atoms with E-state index in [-0.39, 0.29) is 19.3 Å². The molecule has 0 atom stereocenters. The van der Waals surface area contributed by atoms with Crippen LogP contribution in [0.25, 0.3) is 0 Å². The number of unbranched alkanes of at least 4 members (excludes halogenated alkanes) is 14. The van der Waals surface area contributed by atoms with Gasteiger partial charge in [0, 0.05) is 19.3 Å². The van der Waals surface area contributed by atoms with Crippen molar-refractivity contribution in [3.63, 3.8) is 0 Å². The van der Waals surface area contributed by atoms with E-state index in [2.05, 4.69) is 19.1 Å². The van der Waals surface area contributed by atoms with Crippen molar-refractivity contribution in [1.82, 2.24) is 0 Å². The molecule has 0 saturated heterocycles. The molecule has 0 aromatic carbocycles. The van der Waals surface area contributed by atoms with Gasteiger partial charge in [0.2, 0.25) is 0 Å². The molecule has 0 radical (unpaired) electrons. The number of quaternary nitrogens is 1. The van der Waals surface area contributed by atoms with Crippen LogP contribution < -0.4 is 0 Å². The quantitative estimate of drug-likeness (QED) is 0.0468. The summed E-state index contributed by atoms with van der Waals surface area (Å²) in [6.45, 7) is 5.10. The number of carboxylic acids is 3. The molecule has 3 N–H and O–H groups in total. The molecule has 0 spiro atoms. The van der Waals surface area contributed by atoms with E-state index in [4.69, 9.17) is 15.3 Å².